The number of tetrazole rings is 1. The fraction of sp³-hybridized carbons (Fsp3) is 0.278. The van der Waals surface area contributed by atoms with Gasteiger partial charge in [-0.2, -0.15) is 8.78 Å². The Morgan fingerprint density at radius 3 is 2.46 bits per heavy atom. The predicted octanol–water partition coefficient (Wildman–Crippen LogP) is 3.73. The van der Waals surface area contributed by atoms with E-state index in [2.05, 4.69) is 49.8 Å². The topological polar surface area (TPSA) is 64.9 Å². The first kappa shape index (κ1) is 16.4. The third-order valence-corrected chi connectivity index (χ3v) is 4.52. The van der Waals surface area contributed by atoms with Gasteiger partial charge < -0.3 is 10.1 Å². The van der Waals surface area contributed by atoms with E-state index in [1.165, 1.54) is 17.7 Å². The minimum atomic E-state index is -2.84. The molecule has 0 unspecified atom stereocenters. The normalized spacial score (nSPS) is 19.1. The Balaban J connectivity index is 1.63. The zero-order valence-electron chi connectivity index (χ0n) is 14.0. The highest BCUT2D eigenvalue weighted by Gasteiger charge is 2.30. The zero-order valence-corrected chi connectivity index (χ0v) is 14.0. The summed E-state index contributed by atoms with van der Waals surface area (Å²) in [6, 6.07) is 14.9. The van der Waals surface area contributed by atoms with E-state index < -0.39 is 6.61 Å². The van der Waals surface area contributed by atoms with Crippen LogP contribution in [-0.4, -0.2) is 26.8 Å². The highest BCUT2D eigenvalue weighted by molar-refractivity contribution is 5.39. The quantitative estimate of drug-likeness (QED) is 0.771. The molecule has 1 aliphatic rings. The highest BCUT2D eigenvalue weighted by Crippen LogP contribution is 2.37. The maximum Gasteiger partial charge on any atom is 0.387 e. The van der Waals surface area contributed by atoms with Crippen molar-refractivity contribution in [3.05, 3.63) is 65.2 Å². The molecule has 0 saturated heterocycles. The van der Waals surface area contributed by atoms with Crippen LogP contribution in [0.4, 0.5) is 14.7 Å². The van der Waals surface area contributed by atoms with Gasteiger partial charge in [-0.25, -0.2) is 4.68 Å². The van der Waals surface area contributed by atoms with Crippen molar-refractivity contribution in [2.45, 2.75) is 32.0 Å². The molecule has 134 valence electrons. The van der Waals surface area contributed by atoms with Crippen LogP contribution in [0.5, 0.6) is 5.75 Å². The Bertz CT molecular complexity index is 879. The second kappa shape index (κ2) is 6.70. The van der Waals surface area contributed by atoms with Gasteiger partial charge in [-0.1, -0.05) is 47.1 Å². The Labute approximate surface area is 148 Å². The van der Waals surface area contributed by atoms with Crippen LogP contribution >= 0.6 is 0 Å². The molecular formula is C18H17F2N5O. The number of aromatic nitrogens is 4. The fourth-order valence-corrected chi connectivity index (χ4v) is 3.20. The third-order valence-electron chi connectivity index (χ3n) is 4.52. The summed E-state index contributed by atoms with van der Waals surface area (Å²) in [6.45, 7) is -0.790. The largest absolute Gasteiger partial charge is 0.435 e. The van der Waals surface area contributed by atoms with E-state index in [9.17, 15) is 8.78 Å². The van der Waals surface area contributed by atoms with Gasteiger partial charge in [0.2, 0.25) is 5.95 Å². The first-order valence-electron chi connectivity index (χ1n) is 8.26. The van der Waals surface area contributed by atoms with Crippen molar-refractivity contribution in [3.63, 3.8) is 0 Å². The second-order valence-corrected chi connectivity index (χ2v) is 6.25. The number of anilines is 1. The van der Waals surface area contributed by atoms with Crippen molar-refractivity contribution < 1.29 is 13.5 Å². The number of nitrogens with one attached hydrogen (secondary N) is 1. The van der Waals surface area contributed by atoms with Crippen LogP contribution < -0.4 is 10.1 Å². The molecule has 0 spiro atoms. The van der Waals surface area contributed by atoms with Crippen LogP contribution in [-0.2, 0) is 0 Å². The lowest BCUT2D eigenvalue weighted by Gasteiger charge is -2.31. The van der Waals surface area contributed by atoms with Crippen LogP contribution in [0.3, 0.4) is 0 Å². The first-order chi connectivity index (χ1) is 12.6. The smallest absolute Gasteiger partial charge is 0.387 e. The number of ether oxygens (including phenoxy) is 1. The Kier molecular flexibility index (Phi) is 4.24. The minimum absolute atomic E-state index is 0.0519. The fourth-order valence-electron chi connectivity index (χ4n) is 3.20. The molecule has 0 radical (unpaired) electrons. The van der Waals surface area contributed by atoms with Crippen molar-refractivity contribution in [1.82, 2.24) is 20.2 Å². The van der Waals surface area contributed by atoms with Gasteiger partial charge in [0.15, 0.2) is 0 Å². The molecule has 0 aliphatic carbocycles. The monoisotopic (exact) mass is 357 g/mol. The van der Waals surface area contributed by atoms with E-state index in [-0.39, 0.29) is 17.8 Å². The Morgan fingerprint density at radius 1 is 1.08 bits per heavy atom. The van der Waals surface area contributed by atoms with Crippen LogP contribution in [0.25, 0.3) is 0 Å². The number of nitrogens with zero attached hydrogens (tertiary/aromatic N) is 4. The summed E-state index contributed by atoms with van der Waals surface area (Å²) in [5.41, 5.74) is 3.27. The molecule has 0 bridgehead atoms. The Hall–Kier alpha value is -3.03. The average Bonchev–Trinajstić information content (AvgIpc) is 3.10. The standard InChI is InChI=1S/C18H17F2N5O/c1-11-2-4-12(5-3-11)15-10-16(25-18(21-15)22-23-24-25)13-6-8-14(9-7-13)26-17(19)20/h2-9,15-17H,10H2,1H3,(H,21,22,24)/t15-,16+/m0/s1. The van der Waals surface area contributed by atoms with E-state index >= 15 is 0 Å². The van der Waals surface area contributed by atoms with Crippen molar-refractivity contribution >= 4 is 5.95 Å². The molecule has 1 aromatic heterocycles. The summed E-state index contributed by atoms with van der Waals surface area (Å²) in [7, 11) is 0. The van der Waals surface area contributed by atoms with Gasteiger partial charge in [0, 0.05) is 0 Å². The lowest BCUT2D eigenvalue weighted by Crippen LogP contribution is -2.28. The number of aryl methyl sites for hydroxylation is 1. The van der Waals surface area contributed by atoms with Gasteiger partial charge in [-0.3, -0.25) is 0 Å². The predicted molar refractivity (Wildman–Crippen MR) is 91.2 cm³/mol. The number of alkyl halides is 2. The molecule has 1 N–H and O–H groups in total. The molecule has 2 atom stereocenters. The number of fused-ring (bicyclic) bond motifs is 1. The van der Waals surface area contributed by atoms with Crippen LogP contribution in [0.2, 0.25) is 0 Å². The van der Waals surface area contributed by atoms with E-state index in [4.69, 9.17) is 0 Å². The molecule has 4 rings (SSSR count). The first-order valence-corrected chi connectivity index (χ1v) is 8.26. The van der Waals surface area contributed by atoms with Crippen molar-refractivity contribution in [2.24, 2.45) is 0 Å². The molecule has 6 nitrogen and oxygen atoms in total. The van der Waals surface area contributed by atoms with Gasteiger partial charge in [0.05, 0.1) is 12.1 Å². The van der Waals surface area contributed by atoms with E-state index in [0.717, 1.165) is 17.5 Å². The lowest BCUT2D eigenvalue weighted by molar-refractivity contribution is -0.0498. The van der Waals surface area contributed by atoms with Crippen molar-refractivity contribution in [3.8, 4) is 5.75 Å². The Morgan fingerprint density at radius 2 is 1.77 bits per heavy atom. The minimum Gasteiger partial charge on any atom is -0.435 e. The molecule has 3 aromatic rings. The molecular weight excluding hydrogens is 340 g/mol. The summed E-state index contributed by atoms with van der Waals surface area (Å²) in [5, 5.41) is 15.2. The summed E-state index contributed by atoms with van der Waals surface area (Å²) in [4.78, 5) is 0. The summed E-state index contributed by atoms with van der Waals surface area (Å²) >= 11 is 0. The number of benzene rings is 2. The summed E-state index contributed by atoms with van der Waals surface area (Å²) in [6.07, 6.45) is 0.732. The number of hydrogen-bond donors (Lipinski definition) is 1. The van der Waals surface area contributed by atoms with Gasteiger partial charge in [0.25, 0.3) is 0 Å². The maximum absolute atomic E-state index is 12.3. The lowest BCUT2D eigenvalue weighted by atomic mass is 9.93. The van der Waals surface area contributed by atoms with Gasteiger partial charge >= 0.3 is 6.61 Å². The third kappa shape index (κ3) is 3.22. The van der Waals surface area contributed by atoms with Gasteiger partial charge in [-0.15, -0.1) is 0 Å². The van der Waals surface area contributed by atoms with Crippen LogP contribution in [0.15, 0.2) is 48.5 Å². The van der Waals surface area contributed by atoms with Crippen molar-refractivity contribution in [2.75, 3.05) is 5.32 Å². The highest BCUT2D eigenvalue weighted by atomic mass is 19.3. The number of hydrogen-bond acceptors (Lipinski definition) is 5. The number of halogens is 2. The molecule has 2 heterocycles. The second-order valence-electron chi connectivity index (χ2n) is 6.25. The zero-order chi connectivity index (χ0) is 18.1. The van der Waals surface area contributed by atoms with Gasteiger partial charge in [0.1, 0.15) is 5.75 Å². The van der Waals surface area contributed by atoms with Crippen molar-refractivity contribution in [1.29, 1.82) is 0 Å². The van der Waals surface area contributed by atoms with Gasteiger partial charge in [-0.05, 0) is 47.0 Å². The van der Waals surface area contributed by atoms with E-state index in [0.29, 0.717) is 5.95 Å². The molecule has 1 aliphatic heterocycles. The molecule has 0 saturated carbocycles. The summed E-state index contributed by atoms with van der Waals surface area (Å²) < 4.78 is 30.8. The molecule has 0 amide bonds. The van der Waals surface area contributed by atoms with E-state index in [1.807, 2.05) is 6.92 Å². The van der Waals surface area contributed by atoms with Crippen LogP contribution in [0, 0.1) is 6.92 Å². The molecule has 8 heteroatoms. The summed E-state index contributed by atoms with van der Waals surface area (Å²) in [5.74, 6) is 0.712. The van der Waals surface area contributed by atoms with Crippen LogP contribution in [0.1, 0.15) is 35.2 Å². The molecule has 2 aromatic carbocycles. The van der Waals surface area contributed by atoms with E-state index in [1.54, 1.807) is 16.8 Å². The molecule has 26 heavy (non-hydrogen) atoms. The number of rotatable bonds is 4. The average molecular weight is 357 g/mol. The molecule has 0 fully saturated rings. The SMILES string of the molecule is Cc1ccc([C@@H]2C[C@H](c3ccc(OC(F)F)cc3)n3nnnc3N2)cc1. The maximum atomic E-state index is 12.3.